The molecule has 1 N–H and O–H groups in total. The Labute approximate surface area is 164 Å². The Kier molecular flexibility index (Phi) is 7.80. The number of methoxy groups -OCH3 is 1. The predicted molar refractivity (Wildman–Crippen MR) is 104 cm³/mol. The first-order valence-electron chi connectivity index (χ1n) is 9.00. The molecular weight excluding hydrogens is 363 g/mol. The van der Waals surface area contributed by atoms with E-state index in [0.717, 1.165) is 5.56 Å². The maximum Gasteiger partial charge on any atom is 0.261 e. The molecule has 0 aliphatic carbocycles. The summed E-state index contributed by atoms with van der Waals surface area (Å²) in [6.45, 7) is 1.84. The van der Waals surface area contributed by atoms with E-state index in [0.29, 0.717) is 17.9 Å². The Bertz CT molecular complexity index is 778. The van der Waals surface area contributed by atoms with Gasteiger partial charge in [-0.3, -0.25) is 9.59 Å². The number of hydrogen-bond acceptors (Lipinski definition) is 4. The molecule has 28 heavy (non-hydrogen) atoms. The molecule has 0 saturated heterocycles. The zero-order chi connectivity index (χ0) is 20.5. The number of rotatable bonds is 9. The molecule has 0 aromatic heterocycles. The second-order valence-electron chi connectivity index (χ2n) is 6.15. The Morgan fingerprint density at radius 2 is 1.68 bits per heavy atom. The summed E-state index contributed by atoms with van der Waals surface area (Å²) >= 11 is 0. The number of halogens is 1. The summed E-state index contributed by atoms with van der Waals surface area (Å²) in [5.41, 5.74) is 0.860. The Morgan fingerprint density at radius 1 is 1.07 bits per heavy atom. The molecule has 0 unspecified atom stereocenters. The van der Waals surface area contributed by atoms with Crippen molar-refractivity contribution in [3.8, 4) is 11.5 Å². The molecule has 7 heteroatoms. The third-order valence-corrected chi connectivity index (χ3v) is 4.32. The van der Waals surface area contributed by atoms with Crippen LogP contribution in [-0.2, 0) is 16.1 Å². The number of hydrogen-bond donors (Lipinski definition) is 1. The molecule has 0 aliphatic heterocycles. The SMILES string of the molecule is CC[C@@H](C(=O)NC)N(Cc1ccc(OC)cc1)C(=O)COc1ccc(F)cc1. The van der Waals surface area contributed by atoms with Crippen LogP contribution in [0.3, 0.4) is 0 Å². The van der Waals surface area contributed by atoms with Gasteiger partial charge in [-0.1, -0.05) is 19.1 Å². The first-order chi connectivity index (χ1) is 13.5. The van der Waals surface area contributed by atoms with Crippen LogP contribution in [0.15, 0.2) is 48.5 Å². The van der Waals surface area contributed by atoms with Gasteiger partial charge >= 0.3 is 0 Å². The summed E-state index contributed by atoms with van der Waals surface area (Å²) < 4.78 is 23.6. The van der Waals surface area contributed by atoms with Crippen LogP contribution in [0.2, 0.25) is 0 Å². The maximum absolute atomic E-state index is 13.0. The molecule has 1 atom stereocenters. The second-order valence-corrected chi connectivity index (χ2v) is 6.15. The van der Waals surface area contributed by atoms with Gasteiger partial charge in [0.15, 0.2) is 6.61 Å². The number of ether oxygens (including phenoxy) is 2. The fourth-order valence-electron chi connectivity index (χ4n) is 2.77. The van der Waals surface area contributed by atoms with E-state index >= 15 is 0 Å². The van der Waals surface area contributed by atoms with Crippen LogP contribution in [-0.4, -0.2) is 43.5 Å². The number of amides is 2. The summed E-state index contributed by atoms with van der Waals surface area (Å²) in [6, 6.07) is 12.1. The number of benzene rings is 2. The average molecular weight is 388 g/mol. The van der Waals surface area contributed by atoms with Crippen LogP contribution in [0.1, 0.15) is 18.9 Å². The molecule has 0 fully saturated rings. The van der Waals surface area contributed by atoms with E-state index in [9.17, 15) is 14.0 Å². The van der Waals surface area contributed by atoms with Gasteiger partial charge < -0.3 is 19.7 Å². The van der Waals surface area contributed by atoms with E-state index in [-0.39, 0.29) is 30.8 Å². The molecule has 2 amide bonds. The standard InChI is InChI=1S/C21H25FN2O4/c1-4-19(21(26)23-2)24(13-15-5-9-17(27-3)10-6-15)20(25)14-28-18-11-7-16(22)8-12-18/h5-12,19H,4,13-14H2,1-3H3,(H,23,26)/t19-/m0/s1. The minimum atomic E-state index is -0.628. The van der Waals surface area contributed by atoms with Crippen LogP contribution >= 0.6 is 0 Å². The predicted octanol–water partition coefficient (Wildman–Crippen LogP) is 2.77. The highest BCUT2D eigenvalue weighted by atomic mass is 19.1. The minimum Gasteiger partial charge on any atom is -0.497 e. The van der Waals surface area contributed by atoms with Gasteiger partial charge in [0.2, 0.25) is 5.91 Å². The largest absolute Gasteiger partial charge is 0.497 e. The molecule has 0 saturated carbocycles. The highest BCUT2D eigenvalue weighted by Gasteiger charge is 2.28. The van der Waals surface area contributed by atoms with Gasteiger partial charge in [0, 0.05) is 13.6 Å². The van der Waals surface area contributed by atoms with Crippen molar-refractivity contribution >= 4 is 11.8 Å². The molecule has 0 heterocycles. The van der Waals surface area contributed by atoms with Crippen LogP contribution in [0.25, 0.3) is 0 Å². The summed E-state index contributed by atoms with van der Waals surface area (Å²) in [7, 11) is 3.12. The van der Waals surface area contributed by atoms with Gasteiger partial charge in [0.05, 0.1) is 7.11 Å². The average Bonchev–Trinajstić information content (AvgIpc) is 2.73. The molecule has 6 nitrogen and oxygen atoms in total. The van der Waals surface area contributed by atoms with Crippen molar-refractivity contribution in [2.45, 2.75) is 25.9 Å². The molecule has 2 rings (SSSR count). The molecule has 0 bridgehead atoms. The molecule has 2 aromatic rings. The van der Waals surface area contributed by atoms with Crippen molar-refractivity contribution in [1.29, 1.82) is 0 Å². The van der Waals surface area contributed by atoms with E-state index in [2.05, 4.69) is 5.32 Å². The van der Waals surface area contributed by atoms with Gasteiger partial charge in [-0.2, -0.15) is 0 Å². The summed E-state index contributed by atoms with van der Waals surface area (Å²) in [6.07, 6.45) is 0.456. The minimum absolute atomic E-state index is 0.244. The third kappa shape index (κ3) is 5.70. The van der Waals surface area contributed by atoms with Gasteiger partial charge in [-0.05, 0) is 48.4 Å². The van der Waals surface area contributed by atoms with E-state index < -0.39 is 6.04 Å². The topological polar surface area (TPSA) is 67.9 Å². The van der Waals surface area contributed by atoms with Crippen molar-refractivity contribution in [2.75, 3.05) is 20.8 Å². The third-order valence-electron chi connectivity index (χ3n) is 4.32. The van der Waals surface area contributed by atoms with Crippen LogP contribution in [0.4, 0.5) is 4.39 Å². The van der Waals surface area contributed by atoms with E-state index in [1.165, 1.54) is 36.2 Å². The number of carbonyl (C=O) groups is 2. The normalized spacial score (nSPS) is 11.4. The molecule has 2 aromatic carbocycles. The summed E-state index contributed by atoms with van der Waals surface area (Å²) in [4.78, 5) is 26.6. The molecule has 0 spiro atoms. The van der Waals surface area contributed by atoms with Crippen LogP contribution < -0.4 is 14.8 Å². The lowest BCUT2D eigenvalue weighted by Crippen LogP contribution is -2.49. The van der Waals surface area contributed by atoms with Crippen LogP contribution in [0.5, 0.6) is 11.5 Å². The van der Waals surface area contributed by atoms with Crippen molar-refractivity contribution in [2.24, 2.45) is 0 Å². The highest BCUT2D eigenvalue weighted by Crippen LogP contribution is 2.17. The molecular formula is C21H25FN2O4. The van der Waals surface area contributed by atoms with Gasteiger partial charge in [-0.25, -0.2) is 4.39 Å². The first kappa shape index (κ1) is 21.2. The van der Waals surface area contributed by atoms with Crippen molar-refractivity contribution in [1.82, 2.24) is 10.2 Å². The first-order valence-corrected chi connectivity index (χ1v) is 9.00. The Morgan fingerprint density at radius 3 is 2.21 bits per heavy atom. The quantitative estimate of drug-likeness (QED) is 0.717. The van der Waals surface area contributed by atoms with Crippen molar-refractivity contribution in [3.05, 3.63) is 59.9 Å². The lowest BCUT2D eigenvalue weighted by atomic mass is 10.1. The zero-order valence-corrected chi connectivity index (χ0v) is 16.3. The number of likely N-dealkylation sites (N-methyl/N-ethyl adjacent to an activating group) is 1. The molecule has 0 aliphatic rings. The summed E-state index contributed by atoms with van der Waals surface area (Å²) in [5, 5.41) is 2.60. The van der Waals surface area contributed by atoms with Gasteiger partial charge in [0.1, 0.15) is 23.4 Å². The zero-order valence-electron chi connectivity index (χ0n) is 16.3. The van der Waals surface area contributed by atoms with Crippen molar-refractivity contribution in [3.63, 3.8) is 0 Å². The fourth-order valence-corrected chi connectivity index (χ4v) is 2.77. The fraction of sp³-hybridized carbons (Fsp3) is 0.333. The lowest BCUT2D eigenvalue weighted by molar-refractivity contribution is -0.142. The summed E-state index contributed by atoms with van der Waals surface area (Å²) in [5.74, 6) is 0.124. The molecule has 150 valence electrons. The monoisotopic (exact) mass is 388 g/mol. The van der Waals surface area contributed by atoms with Crippen LogP contribution in [0, 0.1) is 5.82 Å². The van der Waals surface area contributed by atoms with E-state index in [1.807, 2.05) is 19.1 Å². The Balaban J connectivity index is 2.16. The highest BCUT2D eigenvalue weighted by molar-refractivity contribution is 5.88. The number of carbonyl (C=O) groups excluding carboxylic acids is 2. The smallest absolute Gasteiger partial charge is 0.261 e. The van der Waals surface area contributed by atoms with Gasteiger partial charge in [0.25, 0.3) is 5.91 Å². The number of nitrogens with zero attached hydrogens (tertiary/aromatic N) is 1. The second kappa shape index (κ2) is 10.3. The Hall–Kier alpha value is -3.09. The molecule has 0 radical (unpaired) electrons. The number of nitrogens with one attached hydrogen (secondary N) is 1. The van der Waals surface area contributed by atoms with Gasteiger partial charge in [-0.15, -0.1) is 0 Å². The maximum atomic E-state index is 13.0. The van der Waals surface area contributed by atoms with Crippen molar-refractivity contribution < 1.29 is 23.5 Å². The van der Waals surface area contributed by atoms with E-state index in [4.69, 9.17) is 9.47 Å². The van der Waals surface area contributed by atoms with E-state index in [1.54, 1.807) is 19.2 Å². The lowest BCUT2D eigenvalue weighted by Gasteiger charge is -2.30.